The molecule has 2 heterocycles. The van der Waals surface area contributed by atoms with Gasteiger partial charge in [-0.1, -0.05) is 41.4 Å². The van der Waals surface area contributed by atoms with Gasteiger partial charge in [0.05, 0.1) is 14.9 Å². The highest BCUT2D eigenvalue weighted by Crippen LogP contribution is 2.33. The maximum atomic E-state index is 12.9. The summed E-state index contributed by atoms with van der Waals surface area (Å²) in [5.41, 5.74) is 2.15. The number of nitrogens with zero attached hydrogens (tertiary/aromatic N) is 1. The first kappa shape index (κ1) is 16.9. The van der Waals surface area contributed by atoms with Gasteiger partial charge in [-0.25, -0.2) is 8.42 Å². The van der Waals surface area contributed by atoms with Crippen LogP contribution in [-0.4, -0.2) is 30.8 Å². The van der Waals surface area contributed by atoms with Crippen LogP contribution in [0.3, 0.4) is 0 Å². The molecule has 1 aliphatic heterocycles. The van der Waals surface area contributed by atoms with E-state index in [1.54, 1.807) is 0 Å². The first-order valence-electron chi connectivity index (χ1n) is 7.98. The van der Waals surface area contributed by atoms with Crippen molar-refractivity contribution in [1.82, 2.24) is 9.29 Å². The van der Waals surface area contributed by atoms with Crippen molar-refractivity contribution in [2.45, 2.75) is 17.2 Å². The average Bonchev–Trinajstić information content (AvgIpc) is 3.23. The second-order valence-electron chi connectivity index (χ2n) is 6.24. The van der Waals surface area contributed by atoms with Crippen LogP contribution in [0.15, 0.2) is 53.4 Å². The zero-order valence-electron chi connectivity index (χ0n) is 13.2. The smallest absolute Gasteiger partial charge is 0.243 e. The molecule has 1 fully saturated rings. The molecule has 1 aliphatic rings. The fourth-order valence-electron chi connectivity index (χ4n) is 3.30. The molecule has 1 atom stereocenters. The number of para-hydroxylation sites is 1. The highest BCUT2D eigenvalue weighted by atomic mass is 35.5. The van der Waals surface area contributed by atoms with E-state index in [1.807, 2.05) is 18.2 Å². The van der Waals surface area contributed by atoms with Gasteiger partial charge in [-0.15, -0.1) is 0 Å². The number of sulfonamides is 1. The molecule has 25 heavy (non-hydrogen) atoms. The van der Waals surface area contributed by atoms with Gasteiger partial charge in [0.25, 0.3) is 0 Å². The maximum Gasteiger partial charge on any atom is 0.243 e. The Hall–Kier alpha value is -1.53. The molecule has 1 saturated heterocycles. The highest BCUT2D eigenvalue weighted by molar-refractivity contribution is 7.89. The standard InChI is InChI=1S/C18H16Cl2N2O2S/c19-15-6-5-14(10-16(15)20)25(23,24)22-8-7-13(11-22)18-9-12-3-1-2-4-17(12)21-18/h1-6,9-10,13,21H,7-8,11H2. The van der Waals surface area contributed by atoms with Crippen LogP contribution in [0.5, 0.6) is 0 Å². The highest BCUT2D eigenvalue weighted by Gasteiger charge is 2.34. The van der Waals surface area contributed by atoms with Crippen molar-refractivity contribution in [2.75, 3.05) is 13.1 Å². The van der Waals surface area contributed by atoms with Gasteiger partial charge in [0.15, 0.2) is 0 Å². The predicted octanol–water partition coefficient (Wildman–Crippen LogP) is 4.65. The third-order valence-electron chi connectivity index (χ3n) is 4.67. The van der Waals surface area contributed by atoms with Crippen LogP contribution in [-0.2, 0) is 10.0 Å². The van der Waals surface area contributed by atoms with Crippen LogP contribution in [0.4, 0.5) is 0 Å². The van der Waals surface area contributed by atoms with E-state index >= 15 is 0 Å². The van der Waals surface area contributed by atoms with Crippen LogP contribution < -0.4 is 0 Å². The van der Waals surface area contributed by atoms with E-state index in [0.29, 0.717) is 18.1 Å². The third kappa shape index (κ3) is 3.06. The molecule has 1 unspecified atom stereocenters. The number of hydrogen-bond donors (Lipinski definition) is 1. The fourth-order valence-corrected chi connectivity index (χ4v) is 5.19. The summed E-state index contributed by atoms with van der Waals surface area (Å²) in [5.74, 6) is 0.157. The summed E-state index contributed by atoms with van der Waals surface area (Å²) in [7, 11) is -3.57. The molecule has 0 bridgehead atoms. The summed E-state index contributed by atoms with van der Waals surface area (Å²) in [6.45, 7) is 0.942. The number of hydrogen-bond acceptors (Lipinski definition) is 2. The van der Waals surface area contributed by atoms with Crippen LogP contribution in [0.25, 0.3) is 10.9 Å². The Morgan fingerprint density at radius 1 is 1.04 bits per heavy atom. The lowest BCUT2D eigenvalue weighted by Crippen LogP contribution is -2.28. The number of H-pyrrole nitrogens is 1. The van der Waals surface area contributed by atoms with Gasteiger partial charge in [-0.05, 0) is 42.1 Å². The van der Waals surface area contributed by atoms with Gasteiger partial charge in [-0.3, -0.25) is 0 Å². The summed E-state index contributed by atoms with van der Waals surface area (Å²) < 4.78 is 27.2. The first-order valence-corrected chi connectivity index (χ1v) is 10.2. The Morgan fingerprint density at radius 3 is 2.60 bits per heavy atom. The molecular formula is C18H16Cl2N2O2S. The number of halogens is 2. The zero-order chi connectivity index (χ0) is 17.6. The minimum atomic E-state index is -3.57. The van der Waals surface area contributed by atoms with Crippen LogP contribution in [0.1, 0.15) is 18.0 Å². The molecule has 1 N–H and O–H groups in total. The second-order valence-corrected chi connectivity index (χ2v) is 8.99. The molecule has 130 valence electrons. The van der Waals surface area contributed by atoms with Gasteiger partial charge in [0.2, 0.25) is 10.0 Å². The number of aromatic amines is 1. The molecule has 7 heteroatoms. The van der Waals surface area contributed by atoms with E-state index in [0.717, 1.165) is 23.0 Å². The van der Waals surface area contributed by atoms with Crippen molar-refractivity contribution in [3.05, 3.63) is 64.3 Å². The van der Waals surface area contributed by atoms with Crippen LogP contribution in [0, 0.1) is 0 Å². The molecule has 0 saturated carbocycles. The Morgan fingerprint density at radius 2 is 1.84 bits per heavy atom. The first-order chi connectivity index (χ1) is 11.9. The molecular weight excluding hydrogens is 379 g/mol. The molecule has 0 radical (unpaired) electrons. The zero-order valence-corrected chi connectivity index (χ0v) is 15.6. The molecule has 0 spiro atoms. The number of benzene rings is 2. The lowest BCUT2D eigenvalue weighted by molar-refractivity contribution is 0.472. The molecule has 0 amide bonds. The minimum absolute atomic E-state index is 0.157. The normalized spacial score (nSPS) is 18.9. The van der Waals surface area contributed by atoms with Gasteiger partial charge < -0.3 is 4.98 Å². The van der Waals surface area contributed by atoms with Gasteiger partial charge >= 0.3 is 0 Å². The van der Waals surface area contributed by atoms with Crippen LogP contribution in [0.2, 0.25) is 10.0 Å². The largest absolute Gasteiger partial charge is 0.358 e. The average molecular weight is 395 g/mol. The Kier molecular flexibility index (Phi) is 4.28. The van der Waals surface area contributed by atoms with E-state index < -0.39 is 10.0 Å². The third-order valence-corrected chi connectivity index (χ3v) is 7.27. The Balaban J connectivity index is 1.59. The summed E-state index contributed by atoms with van der Waals surface area (Å²) in [6.07, 6.45) is 0.785. The number of aromatic nitrogens is 1. The van der Waals surface area contributed by atoms with Crippen molar-refractivity contribution in [3.8, 4) is 0 Å². The van der Waals surface area contributed by atoms with Crippen molar-refractivity contribution >= 4 is 44.1 Å². The monoisotopic (exact) mass is 394 g/mol. The molecule has 4 rings (SSSR count). The van der Waals surface area contributed by atoms with Gasteiger partial charge in [-0.2, -0.15) is 4.31 Å². The second kappa shape index (κ2) is 6.32. The maximum absolute atomic E-state index is 12.9. The van der Waals surface area contributed by atoms with Crippen molar-refractivity contribution in [2.24, 2.45) is 0 Å². The molecule has 4 nitrogen and oxygen atoms in total. The lowest BCUT2D eigenvalue weighted by Gasteiger charge is -2.16. The minimum Gasteiger partial charge on any atom is -0.358 e. The Labute approximate surface area is 156 Å². The number of rotatable bonds is 3. The summed E-state index contributed by atoms with van der Waals surface area (Å²) in [4.78, 5) is 3.59. The van der Waals surface area contributed by atoms with Gasteiger partial charge in [0.1, 0.15) is 0 Å². The fraction of sp³-hybridized carbons (Fsp3) is 0.222. The van der Waals surface area contributed by atoms with Crippen molar-refractivity contribution in [1.29, 1.82) is 0 Å². The van der Waals surface area contributed by atoms with E-state index in [1.165, 1.54) is 22.5 Å². The van der Waals surface area contributed by atoms with E-state index in [-0.39, 0.29) is 15.8 Å². The SMILES string of the molecule is O=S(=O)(c1ccc(Cl)c(Cl)c1)N1CCC(c2cc3ccccc3[nH]2)C1. The number of fused-ring (bicyclic) bond motifs is 1. The van der Waals surface area contributed by atoms with Crippen LogP contribution >= 0.6 is 23.2 Å². The van der Waals surface area contributed by atoms with Gasteiger partial charge in [0, 0.05) is 30.2 Å². The van der Waals surface area contributed by atoms with E-state index in [9.17, 15) is 8.42 Å². The van der Waals surface area contributed by atoms with E-state index in [2.05, 4.69) is 17.1 Å². The Bertz CT molecular complexity index is 1010. The molecule has 2 aromatic carbocycles. The summed E-state index contributed by atoms with van der Waals surface area (Å²) in [6, 6.07) is 14.6. The molecule has 1 aromatic heterocycles. The summed E-state index contributed by atoms with van der Waals surface area (Å²) in [5, 5.41) is 1.73. The predicted molar refractivity (Wildman–Crippen MR) is 101 cm³/mol. The van der Waals surface area contributed by atoms with Crippen molar-refractivity contribution in [3.63, 3.8) is 0 Å². The molecule has 0 aliphatic carbocycles. The topological polar surface area (TPSA) is 53.2 Å². The quantitative estimate of drug-likeness (QED) is 0.702. The number of nitrogens with one attached hydrogen (secondary N) is 1. The van der Waals surface area contributed by atoms with Crippen molar-refractivity contribution < 1.29 is 8.42 Å². The summed E-state index contributed by atoms with van der Waals surface area (Å²) >= 11 is 11.9. The molecule has 3 aromatic rings. The van der Waals surface area contributed by atoms with E-state index in [4.69, 9.17) is 23.2 Å². The lowest BCUT2D eigenvalue weighted by atomic mass is 10.1.